The average molecular weight is 387 g/mol. The molecule has 0 aliphatic rings. The fraction of sp³-hybridized carbons (Fsp3) is 0.636. The Balaban J connectivity index is 5.15. The lowest BCUT2D eigenvalue weighted by molar-refractivity contribution is -0.0491. The first kappa shape index (κ1) is 18.0. The van der Waals surface area contributed by atoms with Crippen LogP contribution in [0.5, 0.6) is 0 Å². The zero-order valence-electron chi connectivity index (χ0n) is 10.7. The Morgan fingerprint density at radius 1 is 1.42 bits per heavy atom. The van der Waals surface area contributed by atoms with E-state index >= 15 is 0 Å². The van der Waals surface area contributed by atoms with E-state index in [0.29, 0.717) is 6.42 Å². The molecular weight excluding hydrogens is 369 g/mol. The molecule has 0 fully saturated rings. The Kier molecular flexibility index (Phi) is 8.48. The van der Waals surface area contributed by atoms with Gasteiger partial charge in [0, 0.05) is 6.04 Å². The first-order chi connectivity index (χ1) is 8.87. The Bertz CT molecular complexity index is 324. The normalized spacial score (nSPS) is 16.6. The number of halogens is 1. The van der Waals surface area contributed by atoms with Gasteiger partial charge in [-0.05, 0) is 6.42 Å². The summed E-state index contributed by atoms with van der Waals surface area (Å²) in [6, 6.07) is -0.608. The first-order valence-electron chi connectivity index (χ1n) is 5.53. The topological polar surface area (TPSA) is 108 Å². The molecule has 0 aromatic heterocycles. The van der Waals surface area contributed by atoms with Crippen molar-refractivity contribution in [2.24, 2.45) is 5.73 Å². The van der Waals surface area contributed by atoms with Crippen molar-refractivity contribution < 1.29 is 28.9 Å². The van der Waals surface area contributed by atoms with E-state index in [-0.39, 0.29) is 3.92 Å². The molecule has 0 radical (unpaired) electrons. The summed E-state index contributed by atoms with van der Waals surface area (Å²) in [5.41, 5.74) is 5.82. The predicted molar refractivity (Wildman–Crippen MR) is 76.4 cm³/mol. The van der Waals surface area contributed by atoms with Crippen LogP contribution in [0.1, 0.15) is 13.3 Å². The molecule has 0 aromatic carbocycles. The van der Waals surface area contributed by atoms with Crippen LogP contribution in [0.15, 0.2) is 12.7 Å². The van der Waals surface area contributed by atoms with Crippen LogP contribution in [0, 0.1) is 0 Å². The minimum Gasteiger partial charge on any atom is -0.450 e. The maximum Gasteiger partial charge on any atom is 0.508 e. The SMILES string of the molecule is C=C[C@@H](I)[C@@H](OC(=O)OC)[C@H](OC(=O)O)[C@@H](N)CC. The maximum absolute atomic E-state index is 11.2. The van der Waals surface area contributed by atoms with Crippen LogP contribution in [0.25, 0.3) is 0 Å². The number of carboxylic acid groups (broad SMARTS) is 1. The minimum absolute atomic E-state index is 0.376. The number of nitrogens with two attached hydrogens (primary N) is 1. The molecular formula is C11H18INO6. The summed E-state index contributed by atoms with van der Waals surface area (Å²) in [6.45, 7) is 5.35. The van der Waals surface area contributed by atoms with E-state index in [1.165, 1.54) is 6.08 Å². The lowest BCUT2D eigenvalue weighted by Gasteiger charge is -2.31. The average Bonchev–Trinajstić information content (AvgIpc) is 2.40. The molecule has 110 valence electrons. The first-order valence-corrected chi connectivity index (χ1v) is 6.78. The molecule has 0 amide bonds. The van der Waals surface area contributed by atoms with Crippen molar-refractivity contribution in [3.8, 4) is 0 Å². The van der Waals surface area contributed by atoms with E-state index in [4.69, 9.17) is 20.3 Å². The Labute approximate surface area is 125 Å². The number of ether oxygens (including phenoxy) is 3. The number of carbonyl (C=O) groups is 2. The van der Waals surface area contributed by atoms with Gasteiger partial charge in [-0.25, -0.2) is 9.59 Å². The van der Waals surface area contributed by atoms with Gasteiger partial charge in [0.25, 0.3) is 0 Å². The van der Waals surface area contributed by atoms with E-state index in [1.807, 2.05) is 22.6 Å². The smallest absolute Gasteiger partial charge is 0.450 e. The third kappa shape index (κ3) is 6.10. The molecule has 3 N–H and O–H groups in total. The van der Waals surface area contributed by atoms with Crippen molar-refractivity contribution in [3.05, 3.63) is 12.7 Å². The van der Waals surface area contributed by atoms with Gasteiger partial charge in [-0.2, -0.15) is 0 Å². The van der Waals surface area contributed by atoms with Gasteiger partial charge in [0.05, 0.1) is 11.0 Å². The number of carbonyl (C=O) groups excluding carboxylic acids is 1. The summed E-state index contributed by atoms with van der Waals surface area (Å²) < 4.78 is 13.8. The molecule has 7 nitrogen and oxygen atoms in total. The molecule has 8 heteroatoms. The highest BCUT2D eigenvalue weighted by Gasteiger charge is 2.37. The highest BCUT2D eigenvalue weighted by atomic mass is 127. The van der Waals surface area contributed by atoms with Crippen molar-refractivity contribution in [2.45, 2.75) is 35.5 Å². The fourth-order valence-corrected chi connectivity index (χ4v) is 1.91. The number of hydrogen-bond donors (Lipinski definition) is 2. The Hall–Kier alpha value is -1.03. The van der Waals surface area contributed by atoms with Crippen molar-refractivity contribution >= 4 is 34.9 Å². The standard InChI is InChI=1S/C11H18INO6/c1-4-6(12)8(19-11(16)17-3)9(7(13)5-2)18-10(14)15/h4,6-9H,1,5,13H2,2-3H3,(H,14,15)/t6-,7+,8-,9-/m1/s1. The highest BCUT2D eigenvalue weighted by Crippen LogP contribution is 2.21. The Morgan fingerprint density at radius 3 is 2.37 bits per heavy atom. The van der Waals surface area contributed by atoms with Gasteiger partial charge in [-0.1, -0.05) is 35.6 Å². The van der Waals surface area contributed by atoms with E-state index < -0.39 is 30.6 Å². The molecule has 0 saturated heterocycles. The molecule has 0 rings (SSSR count). The summed E-state index contributed by atoms with van der Waals surface area (Å²) in [4.78, 5) is 21.9. The largest absolute Gasteiger partial charge is 0.508 e. The monoisotopic (exact) mass is 387 g/mol. The number of hydrogen-bond acceptors (Lipinski definition) is 6. The molecule has 0 heterocycles. The zero-order valence-corrected chi connectivity index (χ0v) is 12.9. The van der Waals surface area contributed by atoms with Crippen LogP contribution in [0.2, 0.25) is 0 Å². The van der Waals surface area contributed by atoms with Crippen LogP contribution in [0.3, 0.4) is 0 Å². The lowest BCUT2D eigenvalue weighted by atomic mass is 10.0. The summed E-state index contributed by atoms with van der Waals surface area (Å²) >= 11 is 1.95. The second-order valence-corrected chi connectivity index (χ2v) is 5.08. The number of alkyl halides is 1. The van der Waals surface area contributed by atoms with Crippen LogP contribution in [-0.2, 0) is 14.2 Å². The van der Waals surface area contributed by atoms with Gasteiger partial charge in [-0.15, -0.1) is 6.58 Å². The molecule has 19 heavy (non-hydrogen) atoms. The van der Waals surface area contributed by atoms with Gasteiger partial charge in [0.2, 0.25) is 0 Å². The molecule has 0 aliphatic heterocycles. The van der Waals surface area contributed by atoms with Gasteiger partial charge in [-0.3, -0.25) is 0 Å². The highest BCUT2D eigenvalue weighted by molar-refractivity contribution is 14.1. The molecule has 0 aliphatic carbocycles. The van der Waals surface area contributed by atoms with Gasteiger partial charge in [0.15, 0.2) is 12.2 Å². The second-order valence-electron chi connectivity index (χ2n) is 3.64. The van der Waals surface area contributed by atoms with E-state index in [1.54, 1.807) is 6.92 Å². The maximum atomic E-state index is 11.2. The third-order valence-electron chi connectivity index (χ3n) is 2.39. The van der Waals surface area contributed by atoms with E-state index in [9.17, 15) is 9.59 Å². The Morgan fingerprint density at radius 2 is 2.00 bits per heavy atom. The molecule has 0 saturated carbocycles. The lowest BCUT2D eigenvalue weighted by Crippen LogP contribution is -2.50. The van der Waals surface area contributed by atoms with Crippen LogP contribution >= 0.6 is 22.6 Å². The van der Waals surface area contributed by atoms with Gasteiger partial charge in [0.1, 0.15) is 0 Å². The van der Waals surface area contributed by atoms with E-state index in [2.05, 4.69) is 11.3 Å². The zero-order chi connectivity index (χ0) is 15.0. The van der Waals surface area contributed by atoms with Gasteiger partial charge >= 0.3 is 12.3 Å². The van der Waals surface area contributed by atoms with Crippen molar-refractivity contribution in [3.63, 3.8) is 0 Å². The van der Waals surface area contributed by atoms with Crippen molar-refractivity contribution in [1.82, 2.24) is 0 Å². The van der Waals surface area contributed by atoms with Gasteiger partial charge < -0.3 is 25.1 Å². The van der Waals surface area contributed by atoms with Crippen molar-refractivity contribution in [1.29, 1.82) is 0 Å². The quantitative estimate of drug-likeness (QED) is 0.297. The molecule has 4 atom stereocenters. The molecule has 0 unspecified atom stereocenters. The summed E-state index contributed by atoms with van der Waals surface area (Å²) in [6.07, 6.45) is -2.36. The molecule has 0 aromatic rings. The van der Waals surface area contributed by atoms with Crippen LogP contribution < -0.4 is 5.73 Å². The second kappa shape index (κ2) is 8.97. The fourth-order valence-electron chi connectivity index (χ4n) is 1.35. The number of methoxy groups -OCH3 is 1. The molecule has 0 bridgehead atoms. The minimum atomic E-state index is -1.49. The van der Waals surface area contributed by atoms with Crippen molar-refractivity contribution in [2.75, 3.05) is 7.11 Å². The number of rotatable bonds is 7. The van der Waals surface area contributed by atoms with E-state index in [0.717, 1.165) is 7.11 Å². The van der Waals surface area contributed by atoms with Crippen LogP contribution in [0.4, 0.5) is 9.59 Å². The third-order valence-corrected chi connectivity index (χ3v) is 3.61. The summed E-state index contributed by atoms with van der Waals surface area (Å²) in [5.74, 6) is 0. The summed E-state index contributed by atoms with van der Waals surface area (Å²) in [5, 5.41) is 8.75. The molecule has 0 spiro atoms. The summed E-state index contributed by atoms with van der Waals surface area (Å²) in [7, 11) is 1.16. The van der Waals surface area contributed by atoms with Crippen LogP contribution in [-0.4, -0.2) is 46.7 Å². The predicted octanol–water partition coefficient (Wildman–Crippen LogP) is 1.93.